The molecule has 1 rings (SSSR count). The Labute approximate surface area is 108 Å². The first-order chi connectivity index (χ1) is 8.69. The Balaban J connectivity index is 2.46. The third-order valence-corrected chi connectivity index (χ3v) is 2.85. The van der Waals surface area contributed by atoms with Crippen LogP contribution in [0.4, 0.5) is 0 Å². The summed E-state index contributed by atoms with van der Waals surface area (Å²) in [7, 11) is 0. The van der Waals surface area contributed by atoms with Crippen LogP contribution >= 0.6 is 0 Å². The first-order valence-corrected chi connectivity index (χ1v) is 6.71. The van der Waals surface area contributed by atoms with Crippen molar-refractivity contribution in [3.8, 4) is 0 Å². The Morgan fingerprint density at radius 3 is 2.56 bits per heavy atom. The van der Waals surface area contributed by atoms with E-state index in [1.165, 1.54) is 0 Å². The lowest BCUT2D eigenvalue weighted by Crippen LogP contribution is -2.23. The molecule has 0 heterocycles. The van der Waals surface area contributed by atoms with E-state index in [9.17, 15) is 9.59 Å². The number of hydrogen-bond acceptors (Lipinski definition) is 4. The Morgan fingerprint density at radius 2 is 1.89 bits per heavy atom. The highest BCUT2D eigenvalue weighted by Crippen LogP contribution is 2.26. The lowest BCUT2D eigenvalue weighted by atomic mass is 9.89. The molecule has 0 saturated carbocycles. The van der Waals surface area contributed by atoms with Gasteiger partial charge in [0, 0.05) is 5.57 Å². The molecule has 1 unspecified atom stereocenters. The fraction of sp³-hybridized carbons (Fsp3) is 0.714. The van der Waals surface area contributed by atoms with Gasteiger partial charge in [-0.05, 0) is 32.1 Å². The van der Waals surface area contributed by atoms with E-state index in [0.717, 1.165) is 25.7 Å². The second kappa shape index (κ2) is 7.90. The highest BCUT2D eigenvalue weighted by Gasteiger charge is 2.27. The fourth-order valence-corrected chi connectivity index (χ4v) is 1.89. The summed E-state index contributed by atoms with van der Waals surface area (Å²) in [5.41, 5.74) is 0.619. The van der Waals surface area contributed by atoms with Gasteiger partial charge in [0.15, 0.2) is 0 Å². The Kier molecular flexibility index (Phi) is 6.47. The third kappa shape index (κ3) is 4.51. The molecule has 1 aliphatic rings. The van der Waals surface area contributed by atoms with Gasteiger partial charge in [-0.3, -0.25) is 4.79 Å². The zero-order chi connectivity index (χ0) is 13.4. The number of carbonyl (C=O) groups excluding carboxylic acids is 2. The number of rotatable bonds is 6. The molecule has 0 spiro atoms. The number of carbonyl (C=O) groups is 2. The monoisotopic (exact) mass is 254 g/mol. The van der Waals surface area contributed by atoms with Gasteiger partial charge >= 0.3 is 11.9 Å². The quantitative estimate of drug-likeness (QED) is 0.684. The van der Waals surface area contributed by atoms with Crippen molar-refractivity contribution in [2.75, 3.05) is 13.2 Å². The highest BCUT2D eigenvalue weighted by molar-refractivity contribution is 5.89. The zero-order valence-corrected chi connectivity index (χ0v) is 11.2. The van der Waals surface area contributed by atoms with Crippen molar-refractivity contribution in [2.45, 2.75) is 46.0 Å². The molecule has 0 aromatic heterocycles. The van der Waals surface area contributed by atoms with Gasteiger partial charge in [-0.15, -0.1) is 0 Å². The van der Waals surface area contributed by atoms with Crippen molar-refractivity contribution in [3.05, 3.63) is 11.6 Å². The summed E-state index contributed by atoms with van der Waals surface area (Å²) in [4.78, 5) is 23.4. The molecule has 0 amide bonds. The predicted octanol–water partition coefficient (Wildman–Crippen LogP) is 2.62. The number of ether oxygens (including phenoxy) is 2. The Bertz CT molecular complexity index is 320. The van der Waals surface area contributed by atoms with E-state index in [0.29, 0.717) is 25.2 Å². The summed E-state index contributed by atoms with van der Waals surface area (Å²) in [6.07, 6.45) is 5.45. The van der Waals surface area contributed by atoms with Crippen LogP contribution in [-0.4, -0.2) is 25.2 Å². The molecule has 4 heteroatoms. The van der Waals surface area contributed by atoms with E-state index in [-0.39, 0.29) is 17.9 Å². The summed E-state index contributed by atoms with van der Waals surface area (Å²) in [5, 5.41) is 0. The van der Waals surface area contributed by atoms with Crippen LogP contribution in [0, 0.1) is 5.92 Å². The first-order valence-electron chi connectivity index (χ1n) is 6.71. The maximum atomic E-state index is 11.7. The van der Waals surface area contributed by atoms with Crippen molar-refractivity contribution in [1.29, 1.82) is 0 Å². The maximum absolute atomic E-state index is 11.7. The molecule has 0 radical (unpaired) electrons. The van der Waals surface area contributed by atoms with Crippen LogP contribution in [0.1, 0.15) is 46.0 Å². The van der Waals surface area contributed by atoms with Crippen molar-refractivity contribution in [2.24, 2.45) is 5.92 Å². The smallest absolute Gasteiger partial charge is 0.333 e. The van der Waals surface area contributed by atoms with Crippen LogP contribution in [-0.2, 0) is 19.1 Å². The molecule has 0 aromatic carbocycles. The lowest BCUT2D eigenvalue weighted by Gasteiger charge is -2.20. The average Bonchev–Trinajstić information content (AvgIpc) is 2.42. The van der Waals surface area contributed by atoms with E-state index in [4.69, 9.17) is 9.47 Å². The van der Waals surface area contributed by atoms with Gasteiger partial charge in [0.1, 0.15) is 0 Å². The van der Waals surface area contributed by atoms with E-state index in [1.807, 2.05) is 19.9 Å². The van der Waals surface area contributed by atoms with Crippen molar-refractivity contribution in [1.82, 2.24) is 0 Å². The second-order valence-electron chi connectivity index (χ2n) is 4.51. The molecule has 102 valence electrons. The van der Waals surface area contributed by atoms with Crippen molar-refractivity contribution in [3.63, 3.8) is 0 Å². The van der Waals surface area contributed by atoms with Crippen LogP contribution in [0.2, 0.25) is 0 Å². The Morgan fingerprint density at radius 1 is 1.22 bits per heavy atom. The molecule has 18 heavy (non-hydrogen) atoms. The van der Waals surface area contributed by atoms with Crippen LogP contribution in [0.5, 0.6) is 0 Å². The number of hydrogen-bond donors (Lipinski definition) is 0. The molecule has 4 nitrogen and oxygen atoms in total. The van der Waals surface area contributed by atoms with E-state index in [2.05, 4.69) is 0 Å². The molecule has 1 atom stereocenters. The van der Waals surface area contributed by atoms with E-state index >= 15 is 0 Å². The molecule has 0 aliphatic heterocycles. The van der Waals surface area contributed by atoms with E-state index in [1.54, 1.807) is 0 Å². The summed E-state index contributed by atoms with van der Waals surface area (Å²) in [6, 6.07) is 0. The van der Waals surface area contributed by atoms with Crippen LogP contribution in [0.3, 0.4) is 0 Å². The van der Waals surface area contributed by atoms with Gasteiger partial charge in [-0.1, -0.05) is 19.9 Å². The minimum Gasteiger partial charge on any atom is -0.465 e. The molecular formula is C14H22O4. The van der Waals surface area contributed by atoms with E-state index < -0.39 is 0 Å². The third-order valence-electron chi connectivity index (χ3n) is 2.85. The van der Waals surface area contributed by atoms with Gasteiger partial charge in [-0.25, -0.2) is 4.79 Å². The topological polar surface area (TPSA) is 52.6 Å². The molecule has 0 aromatic rings. The van der Waals surface area contributed by atoms with Crippen molar-refractivity contribution < 1.29 is 19.1 Å². The second-order valence-corrected chi connectivity index (χ2v) is 4.51. The molecule has 0 saturated heterocycles. The van der Waals surface area contributed by atoms with Gasteiger partial charge < -0.3 is 9.47 Å². The summed E-state index contributed by atoms with van der Waals surface area (Å²) < 4.78 is 10.2. The molecule has 1 aliphatic carbocycles. The minimum absolute atomic E-state index is 0.189. The molecule has 0 fully saturated rings. The minimum atomic E-state index is -0.287. The molecule has 0 N–H and O–H groups in total. The normalized spacial score (nSPS) is 19.0. The largest absolute Gasteiger partial charge is 0.465 e. The van der Waals surface area contributed by atoms with Crippen molar-refractivity contribution >= 4 is 11.9 Å². The highest BCUT2D eigenvalue weighted by atomic mass is 16.5. The molecular weight excluding hydrogens is 232 g/mol. The van der Waals surface area contributed by atoms with Crippen LogP contribution in [0.25, 0.3) is 0 Å². The average molecular weight is 254 g/mol. The lowest BCUT2D eigenvalue weighted by molar-refractivity contribution is -0.149. The van der Waals surface area contributed by atoms with Gasteiger partial charge in [-0.2, -0.15) is 0 Å². The number of esters is 2. The fourth-order valence-electron chi connectivity index (χ4n) is 1.89. The zero-order valence-electron chi connectivity index (χ0n) is 11.2. The Hall–Kier alpha value is -1.32. The maximum Gasteiger partial charge on any atom is 0.333 e. The standard InChI is InChI=1S/C14H22O4/c1-3-8-17-13(15)11-6-5-7-12(10-11)14(16)18-9-4-2/h6,12H,3-5,7-10H2,1-2H3. The van der Waals surface area contributed by atoms with Gasteiger partial charge in [0.25, 0.3) is 0 Å². The summed E-state index contributed by atoms with van der Waals surface area (Å²) in [5.74, 6) is -0.665. The predicted molar refractivity (Wildman–Crippen MR) is 67.9 cm³/mol. The summed E-state index contributed by atoms with van der Waals surface area (Å²) in [6.45, 7) is 4.80. The SMILES string of the molecule is CCCOC(=O)C1=CCCC(C(=O)OCCC)C1. The first kappa shape index (κ1) is 14.7. The van der Waals surface area contributed by atoms with Crippen LogP contribution in [0.15, 0.2) is 11.6 Å². The van der Waals surface area contributed by atoms with Crippen LogP contribution < -0.4 is 0 Å². The number of allylic oxidation sites excluding steroid dienone is 1. The van der Waals surface area contributed by atoms with Gasteiger partial charge in [0.05, 0.1) is 19.1 Å². The van der Waals surface area contributed by atoms with Gasteiger partial charge in [0.2, 0.25) is 0 Å². The molecule has 0 bridgehead atoms. The summed E-state index contributed by atoms with van der Waals surface area (Å²) >= 11 is 0.